The van der Waals surface area contributed by atoms with Crippen LogP contribution in [0.4, 0.5) is 0 Å². The van der Waals surface area contributed by atoms with Crippen LogP contribution in [0.25, 0.3) is 0 Å². The van der Waals surface area contributed by atoms with E-state index in [0.717, 1.165) is 154 Å². The van der Waals surface area contributed by atoms with E-state index in [2.05, 4.69) is 240 Å². The molecule has 0 saturated heterocycles. The molecule has 0 heterocycles. The molecular formula is C95H152O16P2. The maximum Gasteiger partial charge on any atom is 0.472 e. The number of phosphoric acid groups is 2. The van der Waals surface area contributed by atoms with Gasteiger partial charge in [0, 0.05) is 19.3 Å². The van der Waals surface area contributed by atoms with E-state index < -0.39 is 91.5 Å². The third-order valence-electron chi connectivity index (χ3n) is 17.2. The Balaban J connectivity index is 4.60. The number of hydrogen-bond donors (Lipinski definition) is 4. The molecule has 4 N–H and O–H groups in total. The Bertz CT molecular complexity index is 2930. The summed E-state index contributed by atoms with van der Waals surface area (Å²) in [5, 5.41) is 20.7. The van der Waals surface area contributed by atoms with Crippen LogP contribution in [0.1, 0.15) is 303 Å². The fourth-order valence-corrected chi connectivity index (χ4v) is 12.3. The molecule has 5 atom stereocenters. The highest BCUT2D eigenvalue weighted by atomic mass is 31.2. The third-order valence-corrected chi connectivity index (χ3v) is 19.1. The van der Waals surface area contributed by atoms with E-state index in [4.69, 9.17) is 32.3 Å². The zero-order chi connectivity index (χ0) is 82.2. The zero-order valence-corrected chi connectivity index (χ0v) is 71.7. The highest BCUT2D eigenvalue weighted by molar-refractivity contribution is 7.47. The molecule has 18 heteroatoms. The van der Waals surface area contributed by atoms with Crippen LogP contribution in [0, 0.1) is 0 Å². The number of unbranched alkanes of at least 4 members (excludes halogenated alkanes) is 20. The summed E-state index contributed by atoms with van der Waals surface area (Å²) in [7, 11) is -9.85. The largest absolute Gasteiger partial charge is 0.472 e. The lowest BCUT2D eigenvalue weighted by Crippen LogP contribution is -2.30. The SMILES string of the molecule is CC/C=C\C/C=C\C/C=C\C/C=C\C/C=C\C/C=C\CCCCCCCCCCCCCCCCCCC(=O)OCC(O)COP(=O)(O)OCC(O)COP(=O)(O)OCC(COC(=O)CCCC/C=C\C/C=C\C/C=C\C/C=C\C/C=C\C/C=C\CC)OC(=O)CCCC/C=C\C/C=C\C/C=C\C/C=C\C/C=C\C/C=C\CC. The second-order valence-electron chi connectivity index (χ2n) is 27.8. The van der Waals surface area contributed by atoms with Gasteiger partial charge in [-0.3, -0.25) is 32.5 Å². The standard InChI is InChI=1S/C95H152O16P2/c1-4-7-10-13-16-19-22-25-28-31-34-37-38-39-40-41-42-43-44-45-46-47-48-49-50-53-55-57-60-63-66-69-72-75-78-81-93(98)105-84-90(96)85-107-112(101,102)108-86-91(97)87-109-113(103,104)110-89-92(111-95(100)83-80-77-74-71-68-65-62-59-56-52-36-33-30-27-24-21-18-15-12-9-6-3)88-106-94(99)82-79-76-73-70-67-64-61-58-54-51-35-32-29-26-23-20-17-14-11-8-5-2/h7-12,16-21,25-30,34-37,39-40,42-43,51-52,58-59,61-62,67-68,70-71,90-92,96-97H,4-6,13-15,22-24,31-33,38,41,44-50,53-57,60,63-66,69,72-89H2,1-3H3,(H,101,102)(H,103,104)/b10-7-,11-8-,12-9-,19-16-,20-17-,21-18-,28-25-,29-26-,30-27-,37-34-,40-39-,43-42-,51-35-,52-36-,61-58-,62-59-,70-67-,71-68-. The molecule has 0 aliphatic rings. The van der Waals surface area contributed by atoms with Gasteiger partial charge in [0.1, 0.15) is 25.4 Å². The van der Waals surface area contributed by atoms with E-state index >= 15 is 0 Å². The van der Waals surface area contributed by atoms with Crippen LogP contribution in [-0.4, -0.2) is 95.9 Å². The monoisotopic (exact) mass is 1610 g/mol. The summed E-state index contributed by atoms with van der Waals surface area (Å²) in [6, 6.07) is 0. The first-order valence-corrected chi connectivity index (χ1v) is 46.0. The van der Waals surface area contributed by atoms with Gasteiger partial charge in [0.2, 0.25) is 0 Å². The first-order chi connectivity index (χ1) is 55.2. The molecule has 0 rings (SSSR count). The Morgan fingerprint density at radius 1 is 0.248 bits per heavy atom. The first kappa shape index (κ1) is 107. The van der Waals surface area contributed by atoms with Gasteiger partial charge in [-0.1, -0.05) is 329 Å². The normalized spacial score (nSPS) is 14.9. The Kier molecular flexibility index (Phi) is 80.6. The summed E-state index contributed by atoms with van der Waals surface area (Å²) in [6.45, 7) is 2.22. The summed E-state index contributed by atoms with van der Waals surface area (Å²) in [5.41, 5.74) is 0. The maximum absolute atomic E-state index is 13.0. The molecule has 0 amide bonds. The number of carbonyl (C=O) groups excluding carboxylic acids is 3. The van der Waals surface area contributed by atoms with Crippen LogP contribution >= 0.6 is 15.6 Å². The number of aliphatic hydroxyl groups is 2. The van der Waals surface area contributed by atoms with Gasteiger partial charge >= 0.3 is 33.6 Å². The highest BCUT2D eigenvalue weighted by Gasteiger charge is 2.29. The summed E-state index contributed by atoms with van der Waals surface area (Å²) in [6.07, 6.45) is 116. The summed E-state index contributed by atoms with van der Waals surface area (Å²) < 4.78 is 61.2. The molecule has 638 valence electrons. The Morgan fingerprint density at radius 2 is 0.442 bits per heavy atom. The molecule has 113 heavy (non-hydrogen) atoms. The van der Waals surface area contributed by atoms with Gasteiger partial charge in [-0.2, -0.15) is 0 Å². The average molecular weight is 1610 g/mol. The van der Waals surface area contributed by atoms with Crippen molar-refractivity contribution in [1.82, 2.24) is 0 Å². The molecular weight excluding hydrogens is 1460 g/mol. The van der Waals surface area contributed by atoms with E-state index in [1.54, 1.807) is 0 Å². The van der Waals surface area contributed by atoms with E-state index in [1.165, 1.54) is 83.5 Å². The molecule has 0 spiro atoms. The minimum atomic E-state index is -4.97. The van der Waals surface area contributed by atoms with E-state index in [1.807, 2.05) is 0 Å². The Morgan fingerprint density at radius 3 is 0.717 bits per heavy atom. The van der Waals surface area contributed by atoms with Crippen LogP contribution in [0.5, 0.6) is 0 Å². The van der Waals surface area contributed by atoms with Gasteiger partial charge in [-0.05, 0) is 173 Å². The minimum absolute atomic E-state index is 0.0306. The first-order valence-electron chi connectivity index (χ1n) is 43.0. The van der Waals surface area contributed by atoms with Crippen molar-refractivity contribution >= 4 is 33.6 Å². The lowest BCUT2D eigenvalue weighted by molar-refractivity contribution is -0.161. The molecule has 0 aromatic carbocycles. The lowest BCUT2D eigenvalue weighted by Gasteiger charge is -2.21. The summed E-state index contributed by atoms with van der Waals surface area (Å²) in [4.78, 5) is 58.8. The highest BCUT2D eigenvalue weighted by Crippen LogP contribution is 2.45. The molecule has 16 nitrogen and oxygen atoms in total. The van der Waals surface area contributed by atoms with Crippen LogP contribution in [0.15, 0.2) is 219 Å². The van der Waals surface area contributed by atoms with Crippen LogP contribution in [0.3, 0.4) is 0 Å². The zero-order valence-electron chi connectivity index (χ0n) is 70.0. The average Bonchev–Trinajstić information content (AvgIpc) is 0.899. The van der Waals surface area contributed by atoms with Crippen molar-refractivity contribution in [1.29, 1.82) is 0 Å². The van der Waals surface area contributed by atoms with Crippen molar-refractivity contribution < 1.29 is 75.8 Å². The van der Waals surface area contributed by atoms with Crippen molar-refractivity contribution in [2.75, 3.05) is 39.6 Å². The predicted octanol–water partition coefficient (Wildman–Crippen LogP) is 26.2. The predicted molar refractivity (Wildman–Crippen MR) is 472 cm³/mol. The number of allylic oxidation sites excluding steroid dienone is 36. The number of esters is 3. The second-order valence-corrected chi connectivity index (χ2v) is 30.7. The quantitative estimate of drug-likeness (QED) is 0.0146. The molecule has 0 bridgehead atoms. The van der Waals surface area contributed by atoms with Crippen LogP contribution in [0.2, 0.25) is 0 Å². The summed E-state index contributed by atoms with van der Waals surface area (Å²) >= 11 is 0. The van der Waals surface area contributed by atoms with Crippen molar-refractivity contribution in [3.8, 4) is 0 Å². The number of aliphatic hydroxyl groups excluding tert-OH is 2. The van der Waals surface area contributed by atoms with Gasteiger partial charge in [0.05, 0.1) is 26.4 Å². The molecule has 0 aromatic rings. The third kappa shape index (κ3) is 86.6. The molecule has 0 aromatic heterocycles. The summed E-state index contributed by atoms with van der Waals surface area (Å²) in [5.74, 6) is -1.69. The number of hydrogen-bond acceptors (Lipinski definition) is 14. The van der Waals surface area contributed by atoms with E-state index in [0.29, 0.717) is 25.7 Å². The number of rotatable bonds is 79. The maximum atomic E-state index is 13.0. The number of carbonyl (C=O) groups is 3. The van der Waals surface area contributed by atoms with Gasteiger partial charge in [-0.25, -0.2) is 9.13 Å². The van der Waals surface area contributed by atoms with Gasteiger partial charge in [0.25, 0.3) is 0 Å². The molecule has 0 aliphatic carbocycles. The van der Waals surface area contributed by atoms with E-state index in [-0.39, 0.29) is 19.3 Å². The fourth-order valence-electron chi connectivity index (χ4n) is 10.8. The molecule has 0 fully saturated rings. The number of ether oxygens (including phenoxy) is 3. The fraction of sp³-hybridized carbons (Fsp3) is 0.589. The molecule has 0 radical (unpaired) electrons. The van der Waals surface area contributed by atoms with Gasteiger partial charge < -0.3 is 34.2 Å². The molecule has 5 unspecified atom stereocenters. The number of phosphoric ester groups is 2. The molecule has 0 aliphatic heterocycles. The van der Waals surface area contributed by atoms with Crippen molar-refractivity contribution in [3.05, 3.63) is 219 Å². The van der Waals surface area contributed by atoms with Crippen molar-refractivity contribution in [2.24, 2.45) is 0 Å². The van der Waals surface area contributed by atoms with Crippen molar-refractivity contribution in [3.63, 3.8) is 0 Å². The Hall–Kier alpha value is -6.13. The minimum Gasteiger partial charge on any atom is -0.463 e. The second kappa shape index (κ2) is 85.2. The van der Waals surface area contributed by atoms with Crippen LogP contribution < -0.4 is 0 Å². The van der Waals surface area contributed by atoms with Crippen molar-refractivity contribution in [2.45, 2.75) is 322 Å². The smallest absolute Gasteiger partial charge is 0.463 e. The van der Waals surface area contributed by atoms with Crippen LogP contribution in [-0.2, 0) is 55.8 Å². The lowest BCUT2D eigenvalue weighted by atomic mass is 10.0. The van der Waals surface area contributed by atoms with E-state index in [9.17, 15) is 43.5 Å². The van der Waals surface area contributed by atoms with Gasteiger partial charge in [-0.15, -0.1) is 0 Å². The topological polar surface area (TPSA) is 231 Å². The van der Waals surface area contributed by atoms with Gasteiger partial charge in [0.15, 0.2) is 6.10 Å². The Labute approximate surface area is 685 Å². The molecule has 0 saturated carbocycles.